The van der Waals surface area contributed by atoms with E-state index in [0.29, 0.717) is 6.42 Å². The first kappa shape index (κ1) is 18.7. The first-order valence-electron chi connectivity index (χ1n) is 7.27. The monoisotopic (exact) mass is 375 g/mol. The minimum absolute atomic E-state index is 0.115. The molecule has 0 bridgehead atoms. The summed E-state index contributed by atoms with van der Waals surface area (Å²) in [5.41, 5.74) is -0.132. The van der Waals surface area contributed by atoms with Gasteiger partial charge in [-0.3, -0.25) is 4.79 Å². The molecule has 2 unspecified atom stereocenters. The Balaban J connectivity index is 2.48. The van der Waals surface area contributed by atoms with Crippen molar-refractivity contribution in [1.82, 2.24) is 4.31 Å². The molecule has 24 heavy (non-hydrogen) atoms. The second-order valence-corrected chi connectivity index (χ2v) is 8.17. The number of carboxylic acids is 1. The van der Waals surface area contributed by atoms with E-state index in [0.717, 1.165) is 11.4 Å². The zero-order valence-electron chi connectivity index (χ0n) is 13.2. The predicted molar refractivity (Wildman–Crippen MR) is 86.5 cm³/mol. The third-order valence-electron chi connectivity index (χ3n) is 3.94. The van der Waals surface area contributed by atoms with Gasteiger partial charge in [0.2, 0.25) is 10.0 Å². The van der Waals surface area contributed by atoms with Gasteiger partial charge in [-0.15, -0.1) is 0 Å². The number of rotatable bonds is 4. The standard InChI is InChI=1S/C15H18ClNO6S/c1-9-5-10(14(18)19)8-17(7-9)24(21,22)13-6-11(16)3-4-12(13)15(20)23-2/h3-4,6,9-10H,5,7-8H2,1-2H3,(H,18,19). The van der Waals surface area contributed by atoms with Crippen molar-refractivity contribution in [2.45, 2.75) is 18.2 Å². The van der Waals surface area contributed by atoms with E-state index in [2.05, 4.69) is 4.74 Å². The summed E-state index contributed by atoms with van der Waals surface area (Å²) >= 11 is 5.89. The van der Waals surface area contributed by atoms with E-state index in [1.54, 1.807) is 6.92 Å². The summed E-state index contributed by atoms with van der Waals surface area (Å²) < 4.78 is 31.6. The number of ether oxygens (including phenoxy) is 1. The highest BCUT2D eigenvalue weighted by molar-refractivity contribution is 7.89. The molecule has 2 rings (SSSR count). The van der Waals surface area contributed by atoms with Gasteiger partial charge in [0.15, 0.2) is 0 Å². The van der Waals surface area contributed by atoms with E-state index in [9.17, 15) is 23.1 Å². The van der Waals surface area contributed by atoms with E-state index in [-0.39, 0.29) is 34.5 Å². The Morgan fingerprint density at radius 2 is 2.00 bits per heavy atom. The number of piperidine rings is 1. The molecular formula is C15H18ClNO6S. The van der Waals surface area contributed by atoms with Crippen LogP contribution >= 0.6 is 11.6 Å². The van der Waals surface area contributed by atoms with Gasteiger partial charge in [0.1, 0.15) is 0 Å². The third kappa shape index (κ3) is 3.71. The lowest BCUT2D eigenvalue weighted by molar-refractivity contribution is -0.143. The number of halogens is 1. The third-order valence-corrected chi connectivity index (χ3v) is 6.05. The zero-order chi connectivity index (χ0) is 18.1. The molecule has 0 amide bonds. The Bertz CT molecular complexity index is 763. The van der Waals surface area contributed by atoms with E-state index >= 15 is 0 Å². The molecule has 7 nitrogen and oxygen atoms in total. The van der Waals surface area contributed by atoms with Gasteiger partial charge >= 0.3 is 11.9 Å². The van der Waals surface area contributed by atoms with Crippen LogP contribution in [-0.2, 0) is 19.6 Å². The van der Waals surface area contributed by atoms with Crippen molar-refractivity contribution in [3.05, 3.63) is 28.8 Å². The summed E-state index contributed by atoms with van der Waals surface area (Å²) in [6, 6.07) is 3.85. The van der Waals surface area contributed by atoms with Crippen LogP contribution in [0.4, 0.5) is 0 Å². The first-order valence-corrected chi connectivity index (χ1v) is 9.09. The summed E-state index contributed by atoms with van der Waals surface area (Å²) in [5.74, 6) is -2.74. The summed E-state index contributed by atoms with van der Waals surface area (Å²) in [4.78, 5) is 22.9. The Kier molecular flexibility index (Phi) is 5.52. The number of carbonyl (C=O) groups excluding carboxylic acids is 1. The van der Waals surface area contributed by atoms with Crippen molar-refractivity contribution in [3.8, 4) is 0 Å². The molecule has 1 aliphatic heterocycles. The normalized spacial score (nSPS) is 22.1. The first-order chi connectivity index (χ1) is 11.2. The number of esters is 1. The lowest BCUT2D eigenvalue weighted by atomic mass is 9.92. The number of aliphatic carboxylic acids is 1. The number of carbonyl (C=O) groups is 2. The highest BCUT2D eigenvalue weighted by Crippen LogP contribution is 2.30. The van der Waals surface area contributed by atoms with Crippen LogP contribution in [0.3, 0.4) is 0 Å². The fourth-order valence-corrected chi connectivity index (χ4v) is 4.85. The Labute approximate surface area is 145 Å². The number of sulfonamides is 1. The number of hydrogen-bond donors (Lipinski definition) is 1. The van der Waals surface area contributed by atoms with Gasteiger partial charge in [0, 0.05) is 18.1 Å². The highest BCUT2D eigenvalue weighted by Gasteiger charge is 2.38. The number of benzene rings is 1. The van der Waals surface area contributed by atoms with E-state index in [1.165, 1.54) is 18.2 Å². The highest BCUT2D eigenvalue weighted by atomic mass is 35.5. The second-order valence-electron chi connectivity index (χ2n) is 5.83. The molecule has 1 saturated heterocycles. The van der Waals surface area contributed by atoms with Crippen molar-refractivity contribution < 1.29 is 27.9 Å². The Hall–Kier alpha value is -1.64. The molecule has 1 aromatic rings. The molecule has 1 heterocycles. The van der Waals surface area contributed by atoms with Crippen LogP contribution in [0.1, 0.15) is 23.7 Å². The summed E-state index contributed by atoms with van der Waals surface area (Å²) in [6.07, 6.45) is 0.404. The topological polar surface area (TPSA) is 101 Å². The predicted octanol–water partition coefficient (Wildman–Crippen LogP) is 1.86. The molecule has 0 saturated carbocycles. The Morgan fingerprint density at radius 3 is 2.58 bits per heavy atom. The lowest BCUT2D eigenvalue weighted by Gasteiger charge is -2.34. The van der Waals surface area contributed by atoms with Gasteiger partial charge in [-0.1, -0.05) is 18.5 Å². The molecule has 1 fully saturated rings. The maximum atomic E-state index is 13.0. The van der Waals surface area contributed by atoms with Gasteiger partial charge in [-0.25, -0.2) is 13.2 Å². The minimum Gasteiger partial charge on any atom is -0.481 e. The van der Waals surface area contributed by atoms with Crippen LogP contribution in [0.25, 0.3) is 0 Å². The van der Waals surface area contributed by atoms with Gasteiger partial charge < -0.3 is 9.84 Å². The maximum Gasteiger partial charge on any atom is 0.339 e. The van der Waals surface area contributed by atoms with E-state index in [1.807, 2.05) is 0 Å². The average Bonchev–Trinajstić information content (AvgIpc) is 2.53. The molecule has 1 aliphatic rings. The fourth-order valence-electron chi connectivity index (χ4n) is 2.81. The molecular weight excluding hydrogens is 358 g/mol. The van der Waals surface area contributed by atoms with Crippen molar-refractivity contribution in [3.63, 3.8) is 0 Å². The van der Waals surface area contributed by atoms with E-state index in [4.69, 9.17) is 11.6 Å². The number of hydrogen-bond acceptors (Lipinski definition) is 5. The van der Waals surface area contributed by atoms with E-state index < -0.39 is 27.9 Å². The SMILES string of the molecule is COC(=O)c1ccc(Cl)cc1S(=O)(=O)N1CC(C)CC(C(=O)O)C1. The van der Waals surface area contributed by atoms with Crippen LogP contribution in [0, 0.1) is 11.8 Å². The number of carboxylic acid groups (broad SMARTS) is 1. The summed E-state index contributed by atoms with van der Waals surface area (Å²) in [6.45, 7) is 1.82. The number of nitrogens with zero attached hydrogens (tertiary/aromatic N) is 1. The van der Waals surface area contributed by atoms with Crippen molar-refractivity contribution in [1.29, 1.82) is 0 Å². The molecule has 0 aromatic heterocycles. The van der Waals surface area contributed by atoms with Crippen LogP contribution < -0.4 is 0 Å². The van der Waals surface area contributed by atoms with Crippen LogP contribution in [-0.4, -0.2) is 50.0 Å². The van der Waals surface area contributed by atoms with Crippen molar-refractivity contribution in [2.24, 2.45) is 11.8 Å². The van der Waals surface area contributed by atoms with Crippen molar-refractivity contribution in [2.75, 3.05) is 20.2 Å². The zero-order valence-corrected chi connectivity index (χ0v) is 14.8. The van der Waals surface area contributed by atoms with Crippen LogP contribution in [0.15, 0.2) is 23.1 Å². The average molecular weight is 376 g/mol. The lowest BCUT2D eigenvalue weighted by Crippen LogP contribution is -2.45. The smallest absolute Gasteiger partial charge is 0.339 e. The Morgan fingerprint density at radius 1 is 1.33 bits per heavy atom. The minimum atomic E-state index is -4.08. The van der Waals surface area contributed by atoms with Gasteiger partial charge in [-0.2, -0.15) is 4.31 Å². The summed E-state index contributed by atoms with van der Waals surface area (Å²) in [7, 11) is -2.94. The van der Waals surface area contributed by atoms with Crippen LogP contribution in [0.5, 0.6) is 0 Å². The second kappa shape index (κ2) is 7.08. The molecule has 1 N–H and O–H groups in total. The van der Waals surface area contributed by atoms with Gasteiger partial charge in [0.05, 0.1) is 23.5 Å². The summed E-state index contributed by atoms with van der Waals surface area (Å²) in [5, 5.41) is 9.37. The number of methoxy groups -OCH3 is 1. The largest absolute Gasteiger partial charge is 0.481 e. The molecule has 0 radical (unpaired) electrons. The van der Waals surface area contributed by atoms with Gasteiger partial charge in [0.25, 0.3) is 0 Å². The molecule has 0 aliphatic carbocycles. The molecule has 1 aromatic carbocycles. The van der Waals surface area contributed by atoms with Crippen LogP contribution in [0.2, 0.25) is 5.02 Å². The van der Waals surface area contributed by atoms with Gasteiger partial charge in [-0.05, 0) is 30.5 Å². The quantitative estimate of drug-likeness (QED) is 0.806. The molecule has 0 spiro atoms. The molecule has 2 atom stereocenters. The molecule has 132 valence electrons. The van der Waals surface area contributed by atoms with Crippen molar-refractivity contribution >= 4 is 33.6 Å². The fraction of sp³-hybridized carbons (Fsp3) is 0.467. The molecule has 9 heteroatoms. The maximum absolute atomic E-state index is 13.0.